The van der Waals surface area contributed by atoms with Crippen molar-refractivity contribution < 1.29 is 14.7 Å². The van der Waals surface area contributed by atoms with E-state index < -0.39 is 12.0 Å². The first kappa shape index (κ1) is 21.8. The van der Waals surface area contributed by atoms with E-state index in [1.54, 1.807) is 18.3 Å². The van der Waals surface area contributed by atoms with E-state index in [2.05, 4.69) is 21.8 Å². The topological polar surface area (TPSA) is 88.7 Å². The normalized spacial score (nSPS) is 16.0. The highest BCUT2D eigenvalue weighted by Gasteiger charge is 2.32. The summed E-state index contributed by atoms with van der Waals surface area (Å²) in [5.74, 6) is -1.05. The van der Waals surface area contributed by atoms with E-state index in [-0.39, 0.29) is 5.91 Å². The molecule has 1 amide bonds. The van der Waals surface area contributed by atoms with Crippen LogP contribution in [-0.2, 0) is 4.79 Å². The molecule has 1 aliphatic heterocycles. The van der Waals surface area contributed by atoms with Gasteiger partial charge in [-0.3, -0.25) is 19.4 Å². The Kier molecular flexibility index (Phi) is 6.39. The Bertz CT molecular complexity index is 1130. The lowest BCUT2D eigenvalue weighted by atomic mass is 10.0. The van der Waals surface area contributed by atoms with Gasteiger partial charge in [0, 0.05) is 66.6 Å². The molecule has 1 saturated heterocycles. The molecule has 0 spiro atoms. The second kappa shape index (κ2) is 9.38. The lowest BCUT2D eigenvalue weighted by Crippen LogP contribution is -2.49. The molecule has 7 nitrogen and oxygen atoms in total. The Balaban J connectivity index is 1.52. The number of carbonyl (C=O) groups is 2. The van der Waals surface area contributed by atoms with Crippen molar-refractivity contribution in [2.24, 2.45) is 0 Å². The van der Waals surface area contributed by atoms with Gasteiger partial charge in [0.05, 0.1) is 0 Å². The minimum absolute atomic E-state index is 0.187. The van der Waals surface area contributed by atoms with Gasteiger partial charge in [0.1, 0.15) is 6.04 Å². The standard InChI is InChI=1S/C25H28N4O3/c1-17(2)16-28-10-12-29(13-11-28)23(25(31)32)21-15-26-22-14-19(8-9-20(21)22)27-24(30)18-6-4-3-5-7-18/h3-9,14-15,23,26H,1,10-13,16H2,2H3,(H,27,30)(H,31,32)/t23-/m1/s1. The zero-order valence-electron chi connectivity index (χ0n) is 18.2. The number of hydrogen-bond acceptors (Lipinski definition) is 4. The van der Waals surface area contributed by atoms with E-state index in [1.807, 2.05) is 48.2 Å². The van der Waals surface area contributed by atoms with E-state index >= 15 is 0 Å². The average molecular weight is 433 g/mol. The number of carboxylic acid groups (broad SMARTS) is 1. The molecule has 7 heteroatoms. The number of carboxylic acids is 1. The van der Waals surface area contributed by atoms with Crippen molar-refractivity contribution in [2.75, 3.05) is 38.0 Å². The van der Waals surface area contributed by atoms with Crippen molar-refractivity contribution in [1.29, 1.82) is 0 Å². The van der Waals surface area contributed by atoms with Crippen LogP contribution in [0.25, 0.3) is 10.9 Å². The molecule has 0 saturated carbocycles. The lowest BCUT2D eigenvalue weighted by molar-refractivity contribution is -0.144. The molecule has 4 rings (SSSR count). The molecular weight excluding hydrogens is 404 g/mol. The monoisotopic (exact) mass is 432 g/mol. The van der Waals surface area contributed by atoms with Crippen molar-refractivity contribution in [2.45, 2.75) is 13.0 Å². The summed E-state index contributed by atoms with van der Waals surface area (Å²) in [6.45, 7) is 9.81. The van der Waals surface area contributed by atoms with Crippen molar-refractivity contribution in [3.05, 3.63) is 78.0 Å². The predicted octanol–water partition coefficient (Wildman–Crippen LogP) is 3.74. The van der Waals surface area contributed by atoms with Crippen LogP contribution in [-0.4, -0.2) is 64.5 Å². The summed E-state index contributed by atoms with van der Waals surface area (Å²) in [5, 5.41) is 13.8. The highest BCUT2D eigenvalue weighted by atomic mass is 16.4. The van der Waals surface area contributed by atoms with Gasteiger partial charge in [0.2, 0.25) is 0 Å². The number of rotatable bonds is 7. The van der Waals surface area contributed by atoms with Crippen LogP contribution < -0.4 is 5.32 Å². The number of aliphatic carboxylic acids is 1. The second-order valence-electron chi connectivity index (χ2n) is 8.33. The highest BCUT2D eigenvalue weighted by Crippen LogP contribution is 2.31. The highest BCUT2D eigenvalue weighted by molar-refractivity contribution is 6.05. The van der Waals surface area contributed by atoms with E-state index in [0.717, 1.165) is 41.7 Å². The molecule has 3 aromatic rings. The smallest absolute Gasteiger partial charge is 0.325 e. The Hall–Kier alpha value is -3.42. The number of piperazine rings is 1. The number of H-pyrrole nitrogens is 1. The van der Waals surface area contributed by atoms with Crippen LogP contribution in [0.5, 0.6) is 0 Å². The Morgan fingerprint density at radius 3 is 2.50 bits per heavy atom. The number of benzene rings is 2. The van der Waals surface area contributed by atoms with Crippen LogP contribution >= 0.6 is 0 Å². The predicted molar refractivity (Wildman–Crippen MR) is 126 cm³/mol. The second-order valence-corrected chi connectivity index (χ2v) is 8.33. The maximum absolute atomic E-state index is 12.4. The first-order chi connectivity index (χ1) is 15.4. The van der Waals surface area contributed by atoms with Gasteiger partial charge in [-0.2, -0.15) is 0 Å². The lowest BCUT2D eigenvalue weighted by Gasteiger charge is -2.37. The van der Waals surface area contributed by atoms with Gasteiger partial charge in [0.25, 0.3) is 5.91 Å². The van der Waals surface area contributed by atoms with E-state index in [4.69, 9.17) is 0 Å². The maximum Gasteiger partial charge on any atom is 0.325 e. The third-order valence-corrected chi connectivity index (χ3v) is 5.80. The fourth-order valence-corrected chi connectivity index (χ4v) is 4.29. The van der Waals surface area contributed by atoms with Gasteiger partial charge in [-0.05, 0) is 31.2 Å². The zero-order chi connectivity index (χ0) is 22.7. The van der Waals surface area contributed by atoms with Gasteiger partial charge in [0.15, 0.2) is 0 Å². The van der Waals surface area contributed by atoms with Gasteiger partial charge < -0.3 is 15.4 Å². The molecule has 1 aromatic heterocycles. The minimum atomic E-state index is -0.860. The summed E-state index contributed by atoms with van der Waals surface area (Å²) in [5.41, 5.74) is 3.87. The minimum Gasteiger partial charge on any atom is -0.480 e. The summed E-state index contributed by atoms with van der Waals surface area (Å²) < 4.78 is 0. The fourth-order valence-electron chi connectivity index (χ4n) is 4.29. The Morgan fingerprint density at radius 2 is 1.84 bits per heavy atom. The summed E-state index contributed by atoms with van der Waals surface area (Å²) >= 11 is 0. The number of fused-ring (bicyclic) bond motifs is 1. The first-order valence-corrected chi connectivity index (χ1v) is 10.7. The molecule has 32 heavy (non-hydrogen) atoms. The summed E-state index contributed by atoms with van der Waals surface area (Å²) in [7, 11) is 0. The number of amides is 1. The van der Waals surface area contributed by atoms with Crippen molar-refractivity contribution in [3.8, 4) is 0 Å². The average Bonchev–Trinajstić information content (AvgIpc) is 3.18. The maximum atomic E-state index is 12.4. The molecule has 166 valence electrons. The SMILES string of the molecule is C=C(C)CN1CCN([C@@H](C(=O)O)c2c[nH]c3cc(NC(=O)c4ccccc4)ccc23)CC1. The van der Waals surface area contributed by atoms with Gasteiger partial charge in [-0.1, -0.05) is 36.4 Å². The fraction of sp³-hybridized carbons (Fsp3) is 0.280. The molecule has 2 heterocycles. The number of nitrogens with zero attached hydrogens (tertiary/aromatic N) is 2. The molecule has 0 aliphatic carbocycles. The van der Waals surface area contributed by atoms with Crippen molar-refractivity contribution in [3.63, 3.8) is 0 Å². The van der Waals surface area contributed by atoms with E-state index in [9.17, 15) is 14.7 Å². The molecule has 1 fully saturated rings. The molecule has 2 aromatic carbocycles. The summed E-state index contributed by atoms with van der Waals surface area (Å²) in [6.07, 6.45) is 1.77. The van der Waals surface area contributed by atoms with Crippen LogP contribution in [0.3, 0.4) is 0 Å². The number of aromatic amines is 1. The van der Waals surface area contributed by atoms with Gasteiger partial charge >= 0.3 is 5.97 Å². The molecule has 0 bridgehead atoms. The molecule has 3 N–H and O–H groups in total. The molecule has 1 atom stereocenters. The van der Waals surface area contributed by atoms with Gasteiger partial charge in [-0.25, -0.2) is 0 Å². The van der Waals surface area contributed by atoms with E-state index in [0.29, 0.717) is 24.3 Å². The number of anilines is 1. The Labute approximate surface area is 187 Å². The molecular formula is C25H28N4O3. The van der Waals surface area contributed by atoms with Crippen LogP contribution in [0, 0.1) is 0 Å². The number of aromatic nitrogens is 1. The van der Waals surface area contributed by atoms with Crippen molar-refractivity contribution >= 4 is 28.5 Å². The summed E-state index contributed by atoms with van der Waals surface area (Å²) in [4.78, 5) is 32.2. The van der Waals surface area contributed by atoms with Crippen LogP contribution in [0.15, 0.2) is 66.9 Å². The van der Waals surface area contributed by atoms with Crippen LogP contribution in [0.1, 0.15) is 28.9 Å². The third-order valence-electron chi connectivity index (χ3n) is 5.80. The van der Waals surface area contributed by atoms with E-state index in [1.165, 1.54) is 0 Å². The largest absolute Gasteiger partial charge is 0.480 e. The molecule has 0 unspecified atom stereocenters. The number of carbonyl (C=O) groups excluding carboxylic acids is 1. The van der Waals surface area contributed by atoms with Crippen molar-refractivity contribution in [1.82, 2.24) is 14.8 Å². The number of nitrogens with one attached hydrogen (secondary N) is 2. The quantitative estimate of drug-likeness (QED) is 0.495. The van der Waals surface area contributed by atoms with Gasteiger partial charge in [-0.15, -0.1) is 0 Å². The van der Waals surface area contributed by atoms with Crippen LogP contribution in [0.2, 0.25) is 0 Å². The first-order valence-electron chi connectivity index (χ1n) is 10.7. The molecule has 0 radical (unpaired) electrons. The number of hydrogen-bond donors (Lipinski definition) is 3. The zero-order valence-corrected chi connectivity index (χ0v) is 18.2. The molecule has 1 aliphatic rings. The third kappa shape index (κ3) is 4.74. The summed E-state index contributed by atoms with van der Waals surface area (Å²) in [6, 6.07) is 13.8. The van der Waals surface area contributed by atoms with Crippen LogP contribution in [0.4, 0.5) is 5.69 Å². The Morgan fingerprint density at radius 1 is 1.12 bits per heavy atom.